The summed E-state index contributed by atoms with van der Waals surface area (Å²) in [5.74, 6) is 0.577. The third-order valence-corrected chi connectivity index (χ3v) is 3.98. The van der Waals surface area contributed by atoms with E-state index in [4.69, 9.17) is 16.7 Å². The Kier molecular flexibility index (Phi) is 5.23. The number of aliphatic hydroxyl groups excluding tert-OH is 1. The third-order valence-electron chi connectivity index (χ3n) is 3.74. The zero-order valence-electron chi connectivity index (χ0n) is 11.0. The number of hydrogen-bond donors (Lipinski definition) is 1. The number of aryl methyl sites for hydroxylation is 1. The number of benzene rings is 1. The van der Waals surface area contributed by atoms with E-state index in [1.165, 1.54) is 0 Å². The Hall–Kier alpha value is -1.06. The van der Waals surface area contributed by atoms with Crippen molar-refractivity contribution >= 4 is 17.5 Å². The maximum atomic E-state index is 12.1. The SMILES string of the molecule is O=C(CCc1cccc(Cl)c1)N1CCC(CO)CC1. The quantitative estimate of drug-likeness (QED) is 0.921. The molecule has 2 rings (SSSR count). The van der Waals surface area contributed by atoms with E-state index in [-0.39, 0.29) is 12.5 Å². The van der Waals surface area contributed by atoms with Gasteiger partial charge in [-0.05, 0) is 42.9 Å². The Morgan fingerprint density at radius 1 is 1.37 bits per heavy atom. The Balaban J connectivity index is 1.79. The number of amides is 1. The van der Waals surface area contributed by atoms with Gasteiger partial charge in [-0.25, -0.2) is 0 Å². The normalized spacial score (nSPS) is 16.6. The van der Waals surface area contributed by atoms with E-state index >= 15 is 0 Å². The lowest BCUT2D eigenvalue weighted by Gasteiger charge is -2.31. The molecular formula is C15H20ClNO2. The zero-order chi connectivity index (χ0) is 13.7. The van der Waals surface area contributed by atoms with E-state index < -0.39 is 0 Å². The summed E-state index contributed by atoms with van der Waals surface area (Å²) in [5, 5.41) is 9.79. The number of piperidine rings is 1. The molecule has 4 heteroatoms. The van der Waals surface area contributed by atoms with Gasteiger partial charge in [0.25, 0.3) is 0 Å². The van der Waals surface area contributed by atoms with Crippen molar-refractivity contribution in [1.82, 2.24) is 4.90 Å². The fourth-order valence-corrected chi connectivity index (χ4v) is 2.68. The lowest BCUT2D eigenvalue weighted by atomic mass is 9.97. The molecule has 1 fully saturated rings. The molecule has 1 saturated heterocycles. The molecule has 0 unspecified atom stereocenters. The van der Waals surface area contributed by atoms with Gasteiger partial charge in [0.05, 0.1) is 0 Å². The number of halogens is 1. The fraction of sp³-hybridized carbons (Fsp3) is 0.533. The Bertz CT molecular complexity index is 428. The van der Waals surface area contributed by atoms with Crippen LogP contribution in [0.15, 0.2) is 24.3 Å². The molecule has 0 bridgehead atoms. The van der Waals surface area contributed by atoms with Crippen LogP contribution < -0.4 is 0 Å². The molecule has 3 nitrogen and oxygen atoms in total. The van der Waals surface area contributed by atoms with Crippen LogP contribution in [-0.4, -0.2) is 35.6 Å². The first-order valence-corrected chi connectivity index (χ1v) is 7.20. The van der Waals surface area contributed by atoms with Crippen LogP contribution in [0.5, 0.6) is 0 Å². The summed E-state index contributed by atoms with van der Waals surface area (Å²) in [6.45, 7) is 1.80. The van der Waals surface area contributed by atoms with Crippen LogP contribution in [0.4, 0.5) is 0 Å². The molecule has 0 spiro atoms. The number of carbonyl (C=O) groups excluding carboxylic acids is 1. The molecule has 1 heterocycles. The Morgan fingerprint density at radius 3 is 2.74 bits per heavy atom. The average Bonchev–Trinajstić information content (AvgIpc) is 2.45. The highest BCUT2D eigenvalue weighted by Crippen LogP contribution is 2.18. The average molecular weight is 282 g/mol. The van der Waals surface area contributed by atoms with Gasteiger partial charge in [-0.3, -0.25) is 4.79 Å². The van der Waals surface area contributed by atoms with E-state index in [9.17, 15) is 4.79 Å². The predicted octanol–water partition coefficient (Wildman–Crippen LogP) is 2.50. The molecule has 1 aromatic rings. The fourth-order valence-electron chi connectivity index (χ4n) is 2.47. The van der Waals surface area contributed by atoms with E-state index in [1.807, 2.05) is 29.2 Å². The molecule has 0 aromatic heterocycles. The summed E-state index contributed by atoms with van der Waals surface area (Å²) in [5.41, 5.74) is 1.10. The van der Waals surface area contributed by atoms with Crippen LogP contribution in [-0.2, 0) is 11.2 Å². The van der Waals surface area contributed by atoms with Gasteiger partial charge in [-0.2, -0.15) is 0 Å². The van der Waals surface area contributed by atoms with Gasteiger partial charge in [0.15, 0.2) is 0 Å². The molecule has 0 aliphatic carbocycles. The summed E-state index contributed by atoms with van der Waals surface area (Å²) < 4.78 is 0. The highest BCUT2D eigenvalue weighted by Gasteiger charge is 2.21. The van der Waals surface area contributed by atoms with Gasteiger partial charge in [-0.15, -0.1) is 0 Å². The van der Waals surface area contributed by atoms with Crippen LogP contribution in [0.1, 0.15) is 24.8 Å². The number of aliphatic hydroxyl groups is 1. The largest absolute Gasteiger partial charge is 0.396 e. The van der Waals surface area contributed by atoms with Gasteiger partial charge in [0.2, 0.25) is 5.91 Å². The number of nitrogens with zero attached hydrogens (tertiary/aromatic N) is 1. The second-order valence-electron chi connectivity index (χ2n) is 5.14. The van der Waals surface area contributed by atoms with E-state index in [0.29, 0.717) is 17.4 Å². The molecule has 0 saturated carbocycles. The topological polar surface area (TPSA) is 40.5 Å². The highest BCUT2D eigenvalue weighted by atomic mass is 35.5. The standard InChI is InChI=1S/C15H20ClNO2/c16-14-3-1-2-12(10-14)4-5-15(19)17-8-6-13(11-18)7-9-17/h1-3,10,13,18H,4-9,11H2. The number of rotatable bonds is 4. The molecule has 0 radical (unpaired) electrons. The van der Waals surface area contributed by atoms with Crippen molar-refractivity contribution in [2.75, 3.05) is 19.7 Å². The van der Waals surface area contributed by atoms with Crippen molar-refractivity contribution in [3.05, 3.63) is 34.9 Å². The lowest BCUT2D eigenvalue weighted by Crippen LogP contribution is -2.39. The molecule has 19 heavy (non-hydrogen) atoms. The summed E-state index contributed by atoms with van der Waals surface area (Å²) in [7, 11) is 0. The first-order valence-electron chi connectivity index (χ1n) is 6.82. The molecule has 104 valence electrons. The molecular weight excluding hydrogens is 262 g/mol. The number of hydrogen-bond acceptors (Lipinski definition) is 2. The number of likely N-dealkylation sites (tertiary alicyclic amines) is 1. The maximum Gasteiger partial charge on any atom is 0.222 e. The molecule has 1 aliphatic heterocycles. The summed E-state index contributed by atoms with van der Waals surface area (Å²) in [4.78, 5) is 14.0. The van der Waals surface area contributed by atoms with Gasteiger partial charge < -0.3 is 10.0 Å². The van der Waals surface area contributed by atoms with Crippen molar-refractivity contribution in [2.45, 2.75) is 25.7 Å². The van der Waals surface area contributed by atoms with Crippen LogP contribution in [0.2, 0.25) is 5.02 Å². The van der Waals surface area contributed by atoms with Gasteiger partial charge in [0.1, 0.15) is 0 Å². The Labute approximate surface area is 119 Å². The van der Waals surface area contributed by atoms with E-state index in [0.717, 1.165) is 37.9 Å². The monoisotopic (exact) mass is 281 g/mol. The highest BCUT2D eigenvalue weighted by molar-refractivity contribution is 6.30. The molecule has 1 aliphatic rings. The summed E-state index contributed by atoms with van der Waals surface area (Å²) in [6.07, 6.45) is 3.10. The lowest BCUT2D eigenvalue weighted by molar-refractivity contribution is -0.132. The van der Waals surface area contributed by atoms with Crippen molar-refractivity contribution in [3.63, 3.8) is 0 Å². The van der Waals surface area contributed by atoms with Gasteiger partial charge in [-0.1, -0.05) is 23.7 Å². The third kappa shape index (κ3) is 4.22. The smallest absolute Gasteiger partial charge is 0.222 e. The van der Waals surface area contributed by atoms with Crippen molar-refractivity contribution in [2.24, 2.45) is 5.92 Å². The van der Waals surface area contributed by atoms with Crippen LogP contribution in [0, 0.1) is 5.92 Å². The van der Waals surface area contributed by atoms with E-state index in [2.05, 4.69) is 0 Å². The predicted molar refractivity (Wildman–Crippen MR) is 76.2 cm³/mol. The summed E-state index contributed by atoms with van der Waals surface area (Å²) >= 11 is 5.92. The van der Waals surface area contributed by atoms with Crippen molar-refractivity contribution in [1.29, 1.82) is 0 Å². The van der Waals surface area contributed by atoms with E-state index in [1.54, 1.807) is 0 Å². The minimum Gasteiger partial charge on any atom is -0.396 e. The minimum absolute atomic E-state index is 0.205. The van der Waals surface area contributed by atoms with Crippen LogP contribution >= 0.6 is 11.6 Å². The maximum absolute atomic E-state index is 12.1. The second kappa shape index (κ2) is 6.92. The first-order chi connectivity index (χ1) is 9.19. The zero-order valence-corrected chi connectivity index (χ0v) is 11.8. The molecule has 1 N–H and O–H groups in total. The number of carbonyl (C=O) groups is 1. The first kappa shape index (κ1) is 14.4. The van der Waals surface area contributed by atoms with Crippen LogP contribution in [0.3, 0.4) is 0 Å². The molecule has 0 atom stereocenters. The Morgan fingerprint density at radius 2 is 2.11 bits per heavy atom. The second-order valence-corrected chi connectivity index (χ2v) is 5.57. The van der Waals surface area contributed by atoms with Crippen molar-refractivity contribution < 1.29 is 9.90 Å². The van der Waals surface area contributed by atoms with Gasteiger partial charge >= 0.3 is 0 Å². The van der Waals surface area contributed by atoms with Crippen LogP contribution in [0.25, 0.3) is 0 Å². The molecule has 1 aromatic carbocycles. The minimum atomic E-state index is 0.205. The summed E-state index contributed by atoms with van der Waals surface area (Å²) in [6, 6.07) is 7.66. The van der Waals surface area contributed by atoms with Crippen molar-refractivity contribution in [3.8, 4) is 0 Å². The molecule has 1 amide bonds. The van der Waals surface area contributed by atoms with Gasteiger partial charge in [0, 0.05) is 31.1 Å².